The van der Waals surface area contributed by atoms with E-state index in [2.05, 4.69) is 52.6 Å². The summed E-state index contributed by atoms with van der Waals surface area (Å²) in [5.74, 6) is 3.13. The molecule has 1 atom stereocenters. The van der Waals surface area contributed by atoms with Crippen LogP contribution in [0.15, 0.2) is 29.3 Å². The molecule has 1 unspecified atom stereocenters. The Kier molecular flexibility index (Phi) is 10.5. The van der Waals surface area contributed by atoms with Crippen molar-refractivity contribution >= 4 is 29.9 Å². The third-order valence-electron chi connectivity index (χ3n) is 5.58. The molecule has 0 radical (unpaired) electrons. The van der Waals surface area contributed by atoms with E-state index in [1.54, 1.807) is 0 Å². The van der Waals surface area contributed by atoms with Crippen LogP contribution in [0, 0.1) is 11.8 Å². The Labute approximate surface area is 192 Å². The number of benzene rings is 1. The van der Waals surface area contributed by atoms with E-state index in [1.807, 2.05) is 13.1 Å². The van der Waals surface area contributed by atoms with Crippen molar-refractivity contribution in [2.24, 2.45) is 16.8 Å². The highest BCUT2D eigenvalue weighted by molar-refractivity contribution is 14.0. The second-order valence-corrected chi connectivity index (χ2v) is 8.13. The molecule has 1 aliphatic heterocycles. The Morgan fingerprint density at radius 1 is 1.21 bits per heavy atom. The van der Waals surface area contributed by atoms with Crippen LogP contribution in [0.2, 0.25) is 0 Å². The van der Waals surface area contributed by atoms with Gasteiger partial charge in [0, 0.05) is 44.8 Å². The molecule has 2 fully saturated rings. The standard InChI is InChI=1S/C22H36N4O2.HI/c1-17(2)20(26-10-12-27-13-11-26)15-25-22(23-3)24-14-19-6-4-5-7-21(19)28-16-18-8-9-18;/h4-7,17-18,20H,8-16H2,1-3H3,(H2,23,24,25);1H. The van der Waals surface area contributed by atoms with E-state index in [9.17, 15) is 0 Å². The molecule has 6 nitrogen and oxygen atoms in total. The predicted octanol–water partition coefficient (Wildman–Crippen LogP) is 3.12. The number of halogens is 1. The van der Waals surface area contributed by atoms with Gasteiger partial charge in [0.2, 0.25) is 0 Å². The van der Waals surface area contributed by atoms with Crippen LogP contribution in [0.5, 0.6) is 5.75 Å². The smallest absolute Gasteiger partial charge is 0.191 e. The molecule has 1 heterocycles. The number of morpholine rings is 1. The van der Waals surface area contributed by atoms with Crippen molar-refractivity contribution in [2.75, 3.05) is 46.5 Å². The number of para-hydroxylation sites is 1. The summed E-state index contributed by atoms with van der Waals surface area (Å²) in [4.78, 5) is 6.93. The normalized spacial score (nSPS) is 18.8. The Bertz CT molecular complexity index is 631. The number of hydrogen-bond donors (Lipinski definition) is 2. The molecule has 1 aromatic carbocycles. The van der Waals surface area contributed by atoms with Gasteiger partial charge >= 0.3 is 0 Å². The Hall–Kier alpha value is -1.06. The van der Waals surface area contributed by atoms with Gasteiger partial charge in [0.15, 0.2) is 5.96 Å². The topological polar surface area (TPSA) is 58.1 Å². The van der Waals surface area contributed by atoms with Crippen LogP contribution >= 0.6 is 24.0 Å². The first-order valence-electron chi connectivity index (χ1n) is 10.6. The maximum atomic E-state index is 6.02. The molecule has 0 aromatic heterocycles. The third kappa shape index (κ3) is 7.94. The van der Waals surface area contributed by atoms with Crippen LogP contribution in [0.25, 0.3) is 0 Å². The molecule has 2 N–H and O–H groups in total. The summed E-state index contributed by atoms with van der Waals surface area (Å²) >= 11 is 0. The van der Waals surface area contributed by atoms with Gasteiger partial charge in [0.1, 0.15) is 5.75 Å². The van der Waals surface area contributed by atoms with Gasteiger partial charge in [0.05, 0.1) is 19.8 Å². The van der Waals surface area contributed by atoms with Crippen molar-refractivity contribution in [1.82, 2.24) is 15.5 Å². The third-order valence-corrected chi connectivity index (χ3v) is 5.58. The van der Waals surface area contributed by atoms with Gasteiger partial charge in [-0.3, -0.25) is 9.89 Å². The molecule has 1 saturated heterocycles. The lowest BCUT2D eigenvalue weighted by Gasteiger charge is -2.37. The van der Waals surface area contributed by atoms with Crippen LogP contribution < -0.4 is 15.4 Å². The van der Waals surface area contributed by atoms with E-state index >= 15 is 0 Å². The van der Waals surface area contributed by atoms with Crippen LogP contribution in [0.1, 0.15) is 32.3 Å². The Morgan fingerprint density at radius 2 is 1.93 bits per heavy atom. The Balaban J connectivity index is 0.00000300. The van der Waals surface area contributed by atoms with Gasteiger partial charge in [-0.25, -0.2) is 0 Å². The first-order valence-corrected chi connectivity index (χ1v) is 10.6. The average Bonchev–Trinajstić information content (AvgIpc) is 3.54. The summed E-state index contributed by atoms with van der Waals surface area (Å²) in [6, 6.07) is 8.74. The summed E-state index contributed by atoms with van der Waals surface area (Å²) in [6.07, 6.45) is 2.61. The zero-order valence-electron chi connectivity index (χ0n) is 18.0. The molecular weight excluding hydrogens is 479 g/mol. The first-order chi connectivity index (χ1) is 13.7. The highest BCUT2D eigenvalue weighted by Gasteiger charge is 2.24. The van der Waals surface area contributed by atoms with Crippen LogP contribution in [0.4, 0.5) is 0 Å². The van der Waals surface area contributed by atoms with Crippen molar-refractivity contribution < 1.29 is 9.47 Å². The lowest BCUT2D eigenvalue weighted by Crippen LogP contribution is -2.52. The molecule has 2 aliphatic rings. The number of guanidine groups is 1. The Morgan fingerprint density at radius 3 is 2.59 bits per heavy atom. The summed E-state index contributed by atoms with van der Waals surface area (Å²) < 4.78 is 11.5. The maximum Gasteiger partial charge on any atom is 0.191 e. The summed E-state index contributed by atoms with van der Waals surface area (Å²) in [5.41, 5.74) is 1.17. The van der Waals surface area contributed by atoms with Gasteiger partial charge < -0.3 is 20.1 Å². The number of ether oxygens (including phenoxy) is 2. The molecule has 0 spiro atoms. The van der Waals surface area contributed by atoms with Crippen molar-refractivity contribution in [1.29, 1.82) is 0 Å². The van der Waals surface area contributed by atoms with E-state index in [0.717, 1.165) is 57.1 Å². The fourth-order valence-electron chi connectivity index (χ4n) is 3.58. The average molecular weight is 516 g/mol. The van der Waals surface area contributed by atoms with Crippen molar-refractivity contribution in [2.45, 2.75) is 39.3 Å². The van der Waals surface area contributed by atoms with Crippen LogP contribution in [-0.4, -0.2) is 63.4 Å². The molecule has 0 bridgehead atoms. The molecule has 0 amide bonds. The summed E-state index contributed by atoms with van der Waals surface area (Å²) in [5, 5.41) is 6.96. The molecule has 1 aromatic rings. The quantitative estimate of drug-likeness (QED) is 0.300. The molecule has 3 rings (SSSR count). The van der Waals surface area contributed by atoms with Gasteiger partial charge in [-0.1, -0.05) is 32.0 Å². The molecule has 7 heteroatoms. The zero-order chi connectivity index (χ0) is 19.8. The van der Waals surface area contributed by atoms with Crippen LogP contribution in [0.3, 0.4) is 0 Å². The van der Waals surface area contributed by atoms with Gasteiger partial charge in [0.25, 0.3) is 0 Å². The lowest BCUT2D eigenvalue weighted by atomic mass is 10.0. The zero-order valence-corrected chi connectivity index (χ0v) is 20.4. The molecule has 1 aliphatic carbocycles. The minimum absolute atomic E-state index is 0. The SMILES string of the molecule is CN=C(NCc1ccccc1OCC1CC1)NCC(C(C)C)N1CCOCC1.I. The number of rotatable bonds is 9. The minimum Gasteiger partial charge on any atom is -0.493 e. The van der Waals surface area contributed by atoms with E-state index in [1.165, 1.54) is 18.4 Å². The van der Waals surface area contributed by atoms with Gasteiger partial charge in [-0.15, -0.1) is 24.0 Å². The lowest BCUT2D eigenvalue weighted by molar-refractivity contribution is 0.00752. The predicted molar refractivity (Wildman–Crippen MR) is 129 cm³/mol. The number of aliphatic imine (C=N–C) groups is 1. The molecular formula is C22H37IN4O2. The second-order valence-electron chi connectivity index (χ2n) is 8.13. The fraction of sp³-hybridized carbons (Fsp3) is 0.682. The maximum absolute atomic E-state index is 6.02. The largest absolute Gasteiger partial charge is 0.493 e. The molecule has 1 saturated carbocycles. The second kappa shape index (κ2) is 12.6. The molecule has 29 heavy (non-hydrogen) atoms. The van der Waals surface area contributed by atoms with E-state index in [0.29, 0.717) is 18.5 Å². The minimum atomic E-state index is 0. The highest BCUT2D eigenvalue weighted by atomic mass is 127. The van der Waals surface area contributed by atoms with Gasteiger partial charge in [-0.2, -0.15) is 0 Å². The highest BCUT2D eigenvalue weighted by Crippen LogP contribution is 2.30. The number of nitrogens with one attached hydrogen (secondary N) is 2. The number of hydrogen-bond acceptors (Lipinski definition) is 4. The summed E-state index contributed by atoms with van der Waals surface area (Å²) in [7, 11) is 1.82. The van der Waals surface area contributed by atoms with Crippen molar-refractivity contribution in [3.8, 4) is 5.75 Å². The number of nitrogens with zero attached hydrogens (tertiary/aromatic N) is 2. The van der Waals surface area contributed by atoms with E-state index < -0.39 is 0 Å². The molecule has 164 valence electrons. The van der Waals surface area contributed by atoms with Crippen molar-refractivity contribution in [3.63, 3.8) is 0 Å². The monoisotopic (exact) mass is 516 g/mol. The van der Waals surface area contributed by atoms with Crippen molar-refractivity contribution in [3.05, 3.63) is 29.8 Å². The summed E-state index contributed by atoms with van der Waals surface area (Å²) in [6.45, 7) is 10.6. The van der Waals surface area contributed by atoms with Gasteiger partial charge in [-0.05, 0) is 30.7 Å². The van der Waals surface area contributed by atoms with E-state index in [4.69, 9.17) is 9.47 Å². The fourth-order valence-corrected chi connectivity index (χ4v) is 3.58. The first kappa shape index (κ1) is 24.2. The van der Waals surface area contributed by atoms with Crippen LogP contribution in [-0.2, 0) is 11.3 Å². The van der Waals surface area contributed by atoms with E-state index in [-0.39, 0.29) is 24.0 Å².